The first kappa shape index (κ1) is 21.8. The second-order valence-corrected chi connectivity index (χ2v) is 8.51. The van der Waals surface area contributed by atoms with Crippen LogP contribution >= 0.6 is 0 Å². The number of ether oxygens (including phenoxy) is 1. The molecule has 0 aromatic heterocycles. The molecular formula is C23H35N3O3. The zero-order valence-electron chi connectivity index (χ0n) is 18.0. The molecule has 2 heterocycles. The molecule has 6 heteroatoms. The van der Waals surface area contributed by atoms with Gasteiger partial charge < -0.3 is 15.0 Å². The van der Waals surface area contributed by atoms with Crippen molar-refractivity contribution in [1.29, 1.82) is 0 Å². The first-order chi connectivity index (χ1) is 13.9. The van der Waals surface area contributed by atoms with Gasteiger partial charge in [0.05, 0.1) is 18.2 Å². The number of hydrogen-bond acceptors (Lipinski definition) is 4. The van der Waals surface area contributed by atoms with E-state index in [1.165, 1.54) is 25.7 Å². The Morgan fingerprint density at radius 1 is 1.03 bits per heavy atom. The fourth-order valence-electron chi connectivity index (χ4n) is 4.28. The van der Waals surface area contributed by atoms with Crippen molar-refractivity contribution in [3.05, 3.63) is 35.4 Å². The van der Waals surface area contributed by atoms with Crippen molar-refractivity contribution in [2.75, 3.05) is 26.2 Å². The molecule has 2 amide bonds. The van der Waals surface area contributed by atoms with E-state index < -0.39 is 0 Å². The van der Waals surface area contributed by atoms with Crippen LogP contribution in [-0.2, 0) is 16.1 Å². The second kappa shape index (κ2) is 10.2. The molecule has 0 spiro atoms. The van der Waals surface area contributed by atoms with Gasteiger partial charge in [-0.25, -0.2) is 0 Å². The lowest BCUT2D eigenvalue weighted by Gasteiger charge is -2.35. The molecule has 3 rings (SSSR count). The standard InChI is InChI=1S/C23H35N3O3/c1-17-15-26(16-18(2)29-17)23(28)21-10-8-20(9-11-21)14-24-22(27)19(3)25-12-6-4-5-7-13-25/h8-11,17-19H,4-7,12-16H2,1-3H3,(H,24,27). The summed E-state index contributed by atoms with van der Waals surface area (Å²) in [6.45, 7) is 9.71. The monoisotopic (exact) mass is 401 g/mol. The Morgan fingerprint density at radius 2 is 1.62 bits per heavy atom. The number of nitrogens with zero attached hydrogens (tertiary/aromatic N) is 2. The van der Waals surface area contributed by atoms with Gasteiger partial charge in [-0.1, -0.05) is 25.0 Å². The molecule has 160 valence electrons. The summed E-state index contributed by atoms with van der Waals surface area (Å²) in [7, 11) is 0. The molecule has 2 aliphatic rings. The fourth-order valence-corrected chi connectivity index (χ4v) is 4.28. The van der Waals surface area contributed by atoms with Crippen LogP contribution in [0.25, 0.3) is 0 Å². The highest BCUT2D eigenvalue weighted by Gasteiger charge is 2.26. The second-order valence-electron chi connectivity index (χ2n) is 8.51. The normalized spacial score (nSPS) is 24.6. The van der Waals surface area contributed by atoms with Crippen LogP contribution in [0.2, 0.25) is 0 Å². The molecule has 0 radical (unpaired) electrons. The van der Waals surface area contributed by atoms with Gasteiger partial charge in [-0.15, -0.1) is 0 Å². The predicted octanol–water partition coefficient (Wildman–Crippen LogP) is 2.82. The van der Waals surface area contributed by atoms with Crippen molar-refractivity contribution in [3.63, 3.8) is 0 Å². The number of likely N-dealkylation sites (tertiary alicyclic amines) is 1. The summed E-state index contributed by atoms with van der Waals surface area (Å²) in [5, 5.41) is 3.05. The lowest BCUT2D eigenvalue weighted by Crippen LogP contribution is -2.48. The van der Waals surface area contributed by atoms with E-state index in [9.17, 15) is 9.59 Å². The van der Waals surface area contributed by atoms with Gasteiger partial charge in [-0.2, -0.15) is 0 Å². The summed E-state index contributed by atoms with van der Waals surface area (Å²) in [6.07, 6.45) is 4.99. The van der Waals surface area contributed by atoms with E-state index in [2.05, 4.69) is 10.2 Å². The van der Waals surface area contributed by atoms with Crippen LogP contribution in [0, 0.1) is 0 Å². The average Bonchev–Trinajstić information content (AvgIpc) is 3.00. The third-order valence-electron chi connectivity index (χ3n) is 5.94. The molecule has 1 N–H and O–H groups in total. The smallest absolute Gasteiger partial charge is 0.254 e. The minimum Gasteiger partial charge on any atom is -0.372 e. The van der Waals surface area contributed by atoms with Gasteiger partial charge in [0.25, 0.3) is 5.91 Å². The van der Waals surface area contributed by atoms with Crippen molar-refractivity contribution < 1.29 is 14.3 Å². The summed E-state index contributed by atoms with van der Waals surface area (Å²) < 4.78 is 5.71. The molecule has 0 bridgehead atoms. The van der Waals surface area contributed by atoms with Gasteiger partial charge in [-0.3, -0.25) is 14.5 Å². The van der Waals surface area contributed by atoms with E-state index in [1.54, 1.807) is 0 Å². The van der Waals surface area contributed by atoms with Crippen LogP contribution in [0.15, 0.2) is 24.3 Å². The molecular weight excluding hydrogens is 366 g/mol. The molecule has 1 aromatic carbocycles. The number of hydrogen-bond donors (Lipinski definition) is 1. The van der Waals surface area contributed by atoms with E-state index in [-0.39, 0.29) is 30.1 Å². The van der Waals surface area contributed by atoms with Crippen LogP contribution in [0.4, 0.5) is 0 Å². The topological polar surface area (TPSA) is 61.9 Å². The molecule has 0 saturated carbocycles. The molecule has 3 unspecified atom stereocenters. The Kier molecular flexibility index (Phi) is 7.67. The van der Waals surface area contributed by atoms with Crippen molar-refractivity contribution in [2.45, 2.75) is 71.2 Å². The summed E-state index contributed by atoms with van der Waals surface area (Å²) in [5.74, 6) is 0.112. The van der Waals surface area contributed by atoms with E-state index >= 15 is 0 Å². The zero-order valence-corrected chi connectivity index (χ0v) is 18.0. The molecule has 6 nitrogen and oxygen atoms in total. The van der Waals surface area contributed by atoms with Crippen LogP contribution in [0.5, 0.6) is 0 Å². The number of carbonyl (C=O) groups is 2. The number of amides is 2. The van der Waals surface area contributed by atoms with Gasteiger partial charge in [0.15, 0.2) is 0 Å². The van der Waals surface area contributed by atoms with E-state index in [4.69, 9.17) is 4.74 Å². The maximum absolute atomic E-state index is 12.8. The Bertz CT molecular complexity index is 673. The zero-order chi connectivity index (χ0) is 20.8. The largest absolute Gasteiger partial charge is 0.372 e. The maximum Gasteiger partial charge on any atom is 0.254 e. The summed E-state index contributed by atoms with van der Waals surface area (Å²) >= 11 is 0. The van der Waals surface area contributed by atoms with Crippen molar-refractivity contribution in [1.82, 2.24) is 15.1 Å². The first-order valence-electron chi connectivity index (χ1n) is 11.0. The number of carbonyl (C=O) groups excluding carboxylic acids is 2. The Balaban J connectivity index is 1.51. The quantitative estimate of drug-likeness (QED) is 0.824. The molecule has 3 atom stereocenters. The van der Waals surface area contributed by atoms with Crippen LogP contribution in [0.1, 0.15) is 62.4 Å². The van der Waals surface area contributed by atoms with Crippen LogP contribution < -0.4 is 5.32 Å². The lowest BCUT2D eigenvalue weighted by molar-refractivity contribution is -0.126. The van der Waals surface area contributed by atoms with E-state index in [0.29, 0.717) is 25.2 Å². The van der Waals surface area contributed by atoms with E-state index in [0.717, 1.165) is 18.7 Å². The molecule has 1 aromatic rings. The number of morpholine rings is 1. The van der Waals surface area contributed by atoms with E-state index in [1.807, 2.05) is 49.9 Å². The predicted molar refractivity (Wildman–Crippen MR) is 114 cm³/mol. The van der Waals surface area contributed by atoms with Gasteiger partial charge in [0.1, 0.15) is 0 Å². The molecule has 0 aliphatic carbocycles. The highest BCUT2D eigenvalue weighted by atomic mass is 16.5. The number of rotatable bonds is 5. The van der Waals surface area contributed by atoms with Crippen LogP contribution in [0.3, 0.4) is 0 Å². The lowest BCUT2D eigenvalue weighted by atomic mass is 10.1. The van der Waals surface area contributed by atoms with Gasteiger partial charge in [-0.05, 0) is 64.4 Å². The van der Waals surface area contributed by atoms with Crippen molar-refractivity contribution in [2.24, 2.45) is 0 Å². The molecule has 2 aliphatic heterocycles. The highest BCUT2D eigenvalue weighted by Crippen LogP contribution is 2.16. The summed E-state index contributed by atoms with van der Waals surface area (Å²) in [6, 6.07) is 7.47. The minimum atomic E-state index is -0.0979. The van der Waals surface area contributed by atoms with Crippen LogP contribution in [-0.4, -0.2) is 66.0 Å². The number of benzene rings is 1. The third kappa shape index (κ3) is 6.03. The fraction of sp³-hybridized carbons (Fsp3) is 0.652. The van der Waals surface area contributed by atoms with Crippen molar-refractivity contribution >= 4 is 11.8 Å². The van der Waals surface area contributed by atoms with Gasteiger partial charge >= 0.3 is 0 Å². The highest BCUT2D eigenvalue weighted by molar-refractivity contribution is 5.94. The number of nitrogens with one attached hydrogen (secondary N) is 1. The molecule has 2 saturated heterocycles. The maximum atomic E-state index is 12.8. The summed E-state index contributed by atoms with van der Waals surface area (Å²) in [5.41, 5.74) is 1.68. The Morgan fingerprint density at radius 3 is 2.21 bits per heavy atom. The summed E-state index contributed by atoms with van der Waals surface area (Å²) in [4.78, 5) is 29.4. The third-order valence-corrected chi connectivity index (χ3v) is 5.94. The molecule has 2 fully saturated rings. The minimum absolute atomic E-state index is 0.0392. The molecule has 29 heavy (non-hydrogen) atoms. The average molecular weight is 402 g/mol. The Labute approximate surface area is 174 Å². The van der Waals surface area contributed by atoms with Gasteiger partial charge in [0.2, 0.25) is 5.91 Å². The van der Waals surface area contributed by atoms with Gasteiger partial charge in [0, 0.05) is 25.2 Å². The van der Waals surface area contributed by atoms with Crippen molar-refractivity contribution in [3.8, 4) is 0 Å². The SMILES string of the molecule is CC1CN(C(=O)c2ccc(CNC(=O)C(C)N3CCCCCC3)cc2)CC(C)O1. The first-order valence-corrected chi connectivity index (χ1v) is 11.0. The Hall–Kier alpha value is -1.92.